The van der Waals surface area contributed by atoms with E-state index in [1.807, 2.05) is 0 Å². The Hall–Kier alpha value is -0.900. The molecular weight excluding hydrogens is 302 g/mol. The minimum Gasteiger partial charge on any atom is -0.381 e. The lowest BCUT2D eigenvalue weighted by Gasteiger charge is -2.28. The molecule has 2 N–H and O–H groups in total. The van der Waals surface area contributed by atoms with Gasteiger partial charge in [0.25, 0.3) is 0 Å². The number of hydrogen-bond acceptors (Lipinski definition) is 2. The van der Waals surface area contributed by atoms with Crippen molar-refractivity contribution in [3.05, 3.63) is 46.4 Å². The van der Waals surface area contributed by atoms with E-state index in [9.17, 15) is 0 Å². The minimum absolute atomic E-state index is 0.0990. The van der Waals surface area contributed by atoms with Gasteiger partial charge in [-0.2, -0.15) is 0 Å². The molecule has 1 aliphatic rings. The quantitative estimate of drug-likeness (QED) is 0.907. The van der Waals surface area contributed by atoms with Gasteiger partial charge in [0.05, 0.1) is 0 Å². The first-order valence-corrected chi connectivity index (χ1v) is 7.57. The molecule has 3 rings (SSSR count). The first-order chi connectivity index (χ1) is 9.27. The normalized spacial score (nSPS) is 18.6. The van der Waals surface area contributed by atoms with E-state index < -0.39 is 0 Å². The molecule has 0 spiro atoms. The number of hydrogen-bond donors (Lipinski definition) is 1. The van der Waals surface area contributed by atoms with Gasteiger partial charge in [-0.3, -0.25) is 0 Å². The van der Waals surface area contributed by atoms with Crippen molar-refractivity contribution in [1.29, 1.82) is 0 Å². The summed E-state index contributed by atoms with van der Waals surface area (Å²) in [6, 6.07) is 12.8. The molecule has 1 saturated heterocycles. The molecule has 100 valence electrons. The van der Waals surface area contributed by atoms with Crippen LogP contribution in [-0.2, 0) is 4.74 Å². The summed E-state index contributed by atoms with van der Waals surface area (Å²) in [4.78, 5) is 0. The lowest BCUT2D eigenvalue weighted by atomic mass is 9.86. The Kier molecular flexibility index (Phi) is 3.87. The molecule has 3 heteroatoms. The molecule has 0 aromatic heterocycles. The second kappa shape index (κ2) is 5.61. The van der Waals surface area contributed by atoms with Crippen LogP contribution < -0.4 is 5.73 Å². The second-order valence-electron chi connectivity index (χ2n) is 5.16. The summed E-state index contributed by atoms with van der Waals surface area (Å²) in [5.41, 5.74) is 7.77. The van der Waals surface area contributed by atoms with Gasteiger partial charge in [0.1, 0.15) is 0 Å². The SMILES string of the molecule is NC(c1ccc(Br)c2ccccc12)C1CCOCC1. The van der Waals surface area contributed by atoms with Crippen molar-refractivity contribution in [3.63, 3.8) is 0 Å². The Morgan fingerprint density at radius 2 is 1.74 bits per heavy atom. The van der Waals surface area contributed by atoms with Crippen molar-refractivity contribution >= 4 is 26.7 Å². The van der Waals surface area contributed by atoms with Gasteiger partial charge in [-0.05, 0) is 41.2 Å². The van der Waals surface area contributed by atoms with Crippen molar-refractivity contribution in [2.45, 2.75) is 18.9 Å². The van der Waals surface area contributed by atoms with Crippen LogP contribution in [0.4, 0.5) is 0 Å². The number of nitrogens with two attached hydrogens (primary N) is 1. The Balaban J connectivity index is 2.02. The summed E-state index contributed by atoms with van der Waals surface area (Å²) >= 11 is 3.62. The van der Waals surface area contributed by atoms with Gasteiger partial charge in [0.15, 0.2) is 0 Å². The molecule has 1 heterocycles. The topological polar surface area (TPSA) is 35.2 Å². The van der Waals surface area contributed by atoms with Crippen molar-refractivity contribution in [2.24, 2.45) is 11.7 Å². The zero-order valence-electron chi connectivity index (χ0n) is 10.8. The van der Waals surface area contributed by atoms with Gasteiger partial charge in [0.2, 0.25) is 0 Å². The van der Waals surface area contributed by atoms with Crippen LogP contribution in [0.25, 0.3) is 10.8 Å². The number of benzene rings is 2. The van der Waals surface area contributed by atoms with E-state index in [2.05, 4.69) is 52.3 Å². The number of rotatable bonds is 2. The van der Waals surface area contributed by atoms with Crippen molar-refractivity contribution in [1.82, 2.24) is 0 Å². The lowest BCUT2D eigenvalue weighted by Crippen LogP contribution is -2.27. The summed E-state index contributed by atoms with van der Waals surface area (Å²) in [6.07, 6.45) is 2.12. The van der Waals surface area contributed by atoms with Crippen LogP contribution in [0.15, 0.2) is 40.9 Å². The Bertz CT molecular complexity index is 578. The third-order valence-electron chi connectivity index (χ3n) is 4.04. The third-order valence-corrected chi connectivity index (χ3v) is 4.73. The molecule has 2 nitrogen and oxygen atoms in total. The largest absolute Gasteiger partial charge is 0.381 e. The van der Waals surface area contributed by atoms with E-state index in [0.717, 1.165) is 30.5 Å². The maximum Gasteiger partial charge on any atom is 0.0469 e. The van der Waals surface area contributed by atoms with Gasteiger partial charge in [-0.15, -0.1) is 0 Å². The third kappa shape index (κ3) is 2.55. The molecule has 1 unspecified atom stereocenters. The Labute approximate surface area is 122 Å². The number of ether oxygens (including phenoxy) is 1. The zero-order chi connectivity index (χ0) is 13.2. The summed E-state index contributed by atoms with van der Waals surface area (Å²) < 4.78 is 6.56. The van der Waals surface area contributed by atoms with Crippen LogP contribution in [0, 0.1) is 5.92 Å². The first kappa shape index (κ1) is 13.1. The first-order valence-electron chi connectivity index (χ1n) is 6.78. The summed E-state index contributed by atoms with van der Waals surface area (Å²) in [7, 11) is 0. The maximum absolute atomic E-state index is 6.52. The number of fused-ring (bicyclic) bond motifs is 1. The molecule has 19 heavy (non-hydrogen) atoms. The van der Waals surface area contributed by atoms with Crippen molar-refractivity contribution < 1.29 is 4.74 Å². The summed E-state index contributed by atoms with van der Waals surface area (Å²) in [6.45, 7) is 1.68. The van der Waals surface area contributed by atoms with Crippen LogP contribution in [0.2, 0.25) is 0 Å². The van der Waals surface area contributed by atoms with E-state index in [1.165, 1.54) is 16.3 Å². The maximum atomic E-state index is 6.52. The Morgan fingerprint density at radius 3 is 2.47 bits per heavy atom. The highest BCUT2D eigenvalue weighted by Crippen LogP contribution is 2.34. The van der Waals surface area contributed by atoms with E-state index in [4.69, 9.17) is 10.5 Å². The molecule has 2 aromatic carbocycles. The van der Waals surface area contributed by atoms with E-state index in [-0.39, 0.29) is 6.04 Å². The second-order valence-corrected chi connectivity index (χ2v) is 6.01. The van der Waals surface area contributed by atoms with Gasteiger partial charge in [0, 0.05) is 23.7 Å². The molecular formula is C16H18BrNO. The minimum atomic E-state index is 0.0990. The predicted octanol–water partition coefficient (Wildman–Crippen LogP) is 4.03. The molecule has 0 radical (unpaired) electrons. The highest BCUT2D eigenvalue weighted by atomic mass is 79.9. The highest BCUT2D eigenvalue weighted by Gasteiger charge is 2.23. The van der Waals surface area contributed by atoms with E-state index in [1.54, 1.807) is 0 Å². The van der Waals surface area contributed by atoms with Crippen LogP contribution in [0.1, 0.15) is 24.4 Å². The van der Waals surface area contributed by atoms with Crippen molar-refractivity contribution in [3.8, 4) is 0 Å². The van der Waals surface area contributed by atoms with Crippen LogP contribution >= 0.6 is 15.9 Å². The molecule has 0 aliphatic carbocycles. The van der Waals surface area contributed by atoms with Crippen LogP contribution in [-0.4, -0.2) is 13.2 Å². The molecule has 1 aliphatic heterocycles. The monoisotopic (exact) mass is 319 g/mol. The van der Waals surface area contributed by atoms with Crippen LogP contribution in [0.3, 0.4) is 0 Å². The van der Waals surface area contributed by atoms with Crippen LogP contribution in [0.5, 0.6) is 0 Å². The molecule has 1 fully saturated rings. The average molecular weight is 320 g/mol. The van der Waals surface area contributed by atoms with E-state index >= 15 is 0 Å². The standard InChI is InChI=1S/C16H18BrNO/c17-15-6-5-14(12-3-1-2-4-13(12)15)16(18)11-7-9-19-10-8-11/h1-6,11,16H,7-10,18H2. The molecule has 0 bridgehead atoms. The Morgan fingerprint density at radius 1 is 1.05 bits per heavy atom. The van der Waals surface area contributed by atoms with E-state index in [0.29, 0.717) is 5.92 Å². The fourth-order valence-corrected chi connectivity index (χ4v) is 3.38. The predicted molar refractivity (Wildman–Crippen MR) is 82.1 cm³/mol. The summed E-state index contributed by atoms with van der Waals surface area (Å²) in [5, 5.41) is 2.50. The average Bonchev–Trinajstić information content (AvgIpc) is 2.48. The highest BCUT2D eigenvalue weighted by molar-refractivity contribution is 9.10. The zero-order valence-corrected chi connectivity index (χ0v) is 12.4. The smallest absolute Gasteiger partial charge is 0.0469 e. The molecule has 0 amide bonds. The van der Waals surface area contributed by atoms with Crippen molar-refractivity contribution in [2.75, 3.05) is 13.2 Å². The number of halogens is 1. The van der Waals surface area contributed by atoms with Gasteiger partial charge in [-0.25, -0.2) is 0 Å². The van der Waals surface area contributed by atoms with Gasteiger partial charge in [-0.1, -0.05) is 46.3 Å². The fraction of sp³-hybridized carbons (Fsp3) is 0.375. The molecule has 2 aromatic rings. The fourth-order valence-electron chi connectivity index (χ4n) is 2.91. The van der Waals surface area contributed by atoms with Gasteiger partial charge < -0.3 is 10.5 Å². The van der Waals surface area contributed by atoms with Gasteiger partial charge >= 0.3 is 0 Å². The lowest BCUT2D eigenvalue weighted by molar-refractivity contribution is 0.0585. The molecule has 1 atom stereocenters. The molecule has 0 saturated carbocycles. The summed E-state index contributed by atoms with van der Waals surface area (Å²) in [5.74, 6) is 0.526.